The first kappa shape index (κ1) is 13.9. The van der Waals surface area contributed by atoms with Crippen LogP contribution in [0.1, 0.15) is 55.7 Å². The molecule has 20 heavy (non-hydrogen) atoms. The standard InChI is InChI=1S/C17H25NO2/c19-14-5-1-3-12(9-14)11-18-17-6-2-4-13-7-8-15(20)10-16(13)17/h7-8,10,12,14,17-20H,1-6,9,11H2. The molecule has 3 rings (SSSR count). The van der Waals surface area contributed by atoms with E-state index in [-0.39, 0.29) is 6.10 Å². The summed E-state index contributed by atoms with van der Waals surface area (Å²) < 4.78 is 0. The molecule has 0 radical (unpaired) electrons. The van der Waals surface area contributed by atoms with Gasteiger partial charge in [0, 0.05) is 6.04 Å². The van der Waals surface area contributed by atoms with E-state index >= 15 is 0 Å². The van der Waals surface area contributed by atoms with Crippen molar-refractivity contribution < 1.29 is 10.2 Å². The van der Waals surface area contributed by atoms with Crippen LogP contribution in [0.2, 0.25) is 0 Å². The summed E-state index contributed by atoms with van der Waals surface area (Å²) in [5.74, 6) is 0.965. The van der Waals surface area contributed by atoms with Gasteiger partial charge in [-0.25, -0.2) is 0 Å². The normalized spacial score (nSPS) is 29.9. The predicted molar refractivity (Wildman–Crippen MR) is 79.8 cm³/mol. The first-order chi connectivity index (χ1) is 9.72. The van der Waals surface area contributed by atoms with E-state index in [4.69, 9.17) is 0 Å². The number of aromatic hydroxyl groups is 1. The average molecular weight is 275 g/mol. The third-order valence-electron chi connectivity index (χ3n) is 4.85. The van der Waals surface area contributed by atoms with Crippen molar-refractivity contribution in [3.05, 3.63) is 29.3 Å². The number of benzene rings is 1. The second-order valence-electron chi connectivity index (χ2n) is 6.42. The van der Waals surface area contributed by atoms with Gasteiger partial charge in [-0.3, -0.25) is 0 Å². The maximum atomic E-state index is 9.75. The molecule has 1 fully saturated rings. The highest BCUT2D eigenvalue weighted by Crippen LogP contribution is 2.33. The van der Waals surface area contributed by atoms with Gasteiger partial charge in [0.05, 0.1) is 6.10 Å². The van der Waals surface area contributed by atoms with Crippen molar-refractivity contribution in [3.63, 3.8) is 0 Å². The number of phenolic OH excluding ortho intramolecular Hbond substituents is 1. The number of fused-ring (bicyclic) bond motifs is 1. The molecular weight excluding hydrogens is 250 g/mol. The quantitative estimate of drug-likeness (QED) is 0.795. The van der Waals surface area contributed by atoms with E-state index in [2.05, 4.69) is 11.4 Å². The highest BCUT2D eigenvalue weighted by Gasteiger charge is 2.24. The topological polar surface area (TPSA) is 52.5 Å². The minimum atomic E-state index is -0.0989. The molecule has 1 aromatic carbocycles. The number of hydrogen-bond donors (Lipinski definition) is 3. The van der Waals surface area contributed by atoms with Crippen molar-refractivity contribution in [2.45, 2.75) is 57.1 Å². The summed E-state index contributed by atoms with van der Waals surface area (Å²) >= 11 is 0. The highest BCUT2D eigenvalue weighted by molar-refractivity contribution is 5.38. The van der Waals surface area contributed by atoms with E-state index in [9.17, 15) is 10.2 Å². The molecule has 0 heterocycles. The molecule has 1 aromatic rings. The Kier molecular flexibility index (Phi) is 4.27. The van der Waals surface area contributed by atoms with Crippen molar-refractivity contribution in [1.29, 1.82) is 0 Å². The molecule has 0 bridgehead atoms. The second-order valence-corrected chi connectivity index (χ2v) is 6.42. The minimum Gasteiger partial charge on any atom is -0.508 e. The molecule has 2 aliphatic carbocycles. The zero-order valence-corrected chi connectivity index (χ0v) is 12.0. The van der Waals surface area contributed by atoms with Crippen LogP contribution in [0.3, 0.4) is 0 Å². The lowest BCUT2D eigenvalue weighted by Gasteiger charge is -2.31. The van der Waals surface area contributed by atoms with Crippen LogP contribution in [-0.2, 0) is 6.42 Å². The summed E-state index contributed by atoms with van der Waals surface area (Å²) in [6.07, 6.45) is 7.66. The molecule has 3 N–H and O–H groups in total. The first-order valence-corrected chi connectivity index (χ1v) is 7.95. The Morgan fingerprint density at radius 3 is 2.90 bits per heavy atom. The van der Waals surface area contributed by atoms with Crippen LogP contribution in [-0.4, -0.2) is 22.9 Å². The Labute approximate surface area is 121 Å². The number of phenols is 1. The molecule has 3 atom stereocenters. The van der Waals surface area contributed by atoms with Crippen molar-refractivity contribution in [2.75, 3.05) is 6.54 Å². The van der Waals surface area contributed by atoms with E-state index in [0.717, 1.165) is 38.6 Å². The average Bonchev–Trinajstić information content (AvgIpc) is 2.45. The van der Waals surface area contributed by atoms with Gasteiger partial charge in [0.1, 0.15) is 5.75 Å². The zero-order chi connectivity index (χ0) is 13.9. The fourth-order valence-corrected chi connectivity index (χ4v) is 3.76. The van der Waals surface area contributed by atoms with Gasteiger partial charge in [-0.15, -0.1) is 0 Å². The van der Waals surface area contributed by atoms with Gasteiger partial charge < -0.3 is 15.5 Å². The van der Waals surface area contributed by atoms with Crippen LogP contribution >= 0.6 is 0 Å². The van der Waals surface area contributed by atoms with E-state index in [1.807, 2.05) is 6.07 Å². The Bertz CT molecular complexity index is 460. The molecule has 110 valence electrons. The fourth-order valence-electron chi connectivity index (χ4n) is 3.76. The second kappa shape index (κ2) is 6.15. The van der Waals surface area contributed by atoms with Crippen molar-refractivity contribution in [2.24, 2.45) is 5.92 Å². The van der Waals surface area contributed by atoms with Crippen LogP contribution in [0.5, 0.6) is 5.75 Å². The molecule has 0 aromatic heterocycles. The van der Waals surface area contributed by atoms with Gasteiger partial charge in [0.25, 0.3) is 0 Å². The molecule has 1 saturated carbocycles. The number of aliphatic hydroxyl groups is 1. The monoisotopic (exact) mass is 275 g/mol. The highest BCUT2D eigenvalue weighted by atomic mass is 16.3. The third-order valence-corrected chi connectivity index (χ3v) is 4.85. The van der Waals surface area contributed by atoms with Gasteiger partial charge >= 0.3 is 0 Å². The van der Waals surface area contributed by atoms with Crippen LogP contribution < -0.4 is 5.32 Å². The fraction of sp³-hybridized carbons (Fsp3) is 0.647. The minimum absolute atomic E-state index is 0.0989. The van der Waals surface area contributed by atoms with E-state index in [0.29, 0.717) is 17.7 Å². The summed E-state index contributed by atoms with van der Waals surface area (Å²) in [5, 5.41) is 23.1. The van der Waals surface area contributed by atoms with Crippen LogP contribution in [0.4, 0.5) is 0 Å². The first-order valence-electron chi connectivity index (χ1n) is 7.95. The molecule has 0 saturated heterocycles. The SMILES string of the molecule is Oc1ccc2c(c1)C(NCC1CCCC(O)C1)CCC2. The summed E-state index contributed by atoms with van der Waals surface area (Å²) in [6, 6.07) is 6.13. The molecule has 3 heteroatoms. The summed E-state index contributed by atoms with van der Waals surface area (Å²) in [5.41, 5.74) is 2.64. The van der Waals surface area contributed by atoms with Gasteiger partial charge in [0.15, 0.2) is 0 Å². The predicted octanol–water partition coefficient (Wildman–Crippen LogP) is 2.91. The number of aryl methyl sites for hydroxylation is 1. The van der Waals surface area contributed by atoms with Gasteiger partial charge in [-0.1, -0.05) is 12.5 Å². The number of aliphatic hydroxyl groups excluding tert-OH is 1. The van der Waals surface area contributed by atoms with E-state index in [1.54, 1.807) is 6.07 Å². The Morgan fingerprint density at radius 1 is 1.15 bits per heavy atom. The number of nitrogens with one attached hydrogen (secondary N) is 1. The lowest BCUT2D eigenvalue weighted by molar-refractivity contribution is 0.0993. The Hall–Kier alpha value is -1.06. The summed E-state index contributed by atoms with van der Waals surface area (Å²) in [7, 11) is 0. The Balaban J connectivity index is 1.62. The molecule has 3 nitrogen and oxygen atoms in total. The van der Waals surface area contributed by atoms with E-state index < -0.39 is 0 Å². The third kappa shape index (κ3) is 3.15. The smallest absolute Gasteiger partial charge is 0.115 e. The van der Waals surface area contributed by atoms with Gasteiger partial charge in [-0.05, 0) is 74.2 Å². The largest absolute Gasteiger partial charge is 0.508 e. The molecule has 2 aliphatic rings. The maximum Gasteiger partial charge on any atom is 0.115 e. The molecule has 0 spiro atoms. The molecule has 0 amide bonds. The van der Waals surface area contributed by atoms with Gasteiger partial charge in [-0.2, -0.15) is 0 Å². The van der Waals surface area contributed by atoms with Crippen molar-refractivity contribution in [1.82, 2.24) is 5.32 Å². The van der Waals surface area contributed by atoms with Gasteiger partial charge in [0.2, 0.25) is 0 Å². The van der Waals surface area contributed by atoms with Crippen molar-refractivity contribution in [3.8, 4) is 5.75 Å². The zero-order valence-electron chi connectivity index (χ0n) is 12.0. The van der Waals surface area contributed by atoms with Crippen LogP contribution in [0.15, 0.2) is 18.2 Å². The van der Waals surface area contributed by atoms with Crippen molar-refractivity contribution >= 4 is 0 Å². The molecular formula is C17H25NO2. The molecule has 0 aliphatic heterocycles. The lowest BCUT2D eigenvalue weighted by Crippen LogP contribution is -2.33. The number of rotatable bonds is 3. The summed E-state index contributed by atoms with van der Waals surface area (Å²) in [4.78, 5) is 0. The lowest BCUT2D eigenvalue weighted by atomic mass is 9.85. The Morgan fingerprint density at radius 2 is 2.05 bits per heavy atom. The maximum absolute atomic E-state index is 9.75. The van der Waals surface area contributed by atoms with Crippen LogP contribution in [0.25, 0.3) is 0 Å². The van der Waals surface area contributed by atoms with E-state index in [1.165, 1.54) is 24.0 Å². The summed E-state index contributed by atoms with van der Waals surface area (Å²) in [6.45, 7) is 0.983. The number of hydrogen-bond acceptors (Lipinski definition) is 3. The van der Waals surface area contributed by atoms with Crippen LogP contribution in [0, 0.1) is 5.92 Å². The molecule has 3 unspecified atom stereocenters.